The molecule has 5 heteroatoms. The van der Waals surface area contributed by atoms with Crippen molar-refractivity contribution in [3.05, 3.63) is 106 Å². The van der Waals surface area contributed by atoms with Gasteiger partial charge < -0.3 is 14.6 Å². The number of carbonyl (C=O) groups is 1. The molecule has 0 bridgehead atoms. The number of nitrogens with one attached hydrogen (secondary N) is 1. The number of hydrogen-bond acceptors (Lipinski definition) is 2. The molecule has 0 radical (unpaired) electrons. The van der Waals surface area contributed by atoms with E-state index in [9.17, 15) is 4.79 Å². The summed E-state index contributed by atoms with van der Waals surface area (Å²) in [4.78, 5) is 13.2. The maximum absolute atomic E-state index is 13.2. The molecule has 1 aliphatic rings. The summed E-state index contributed by atoms with van der Waals surface area (Å²) >= 11 is 6.21. The molecule has 1 saturated heterocycles. The topological polar surface area (TPSA) is 43.3 Å². The van der Waals surface area contributed by atoms with E-state index in [4.69, 9.17) is 16.3 Å². The second kappa shape index (κ2) is 10.5. The molecule has 4 nitrogen and oxygen atoms in total. The van der Waals surface area contributed by atoms with Crippen LogP contribution in [0.4, 0.5) is 0 Å². The van der Waals surface area contributed by atoms with Gasteiger partial charge in [-0.05, 0) is 61.6 Å². The van der Waals surface area contributed by atoms with E-state index in [0.29, 0.717) is 18.0 Å². The fourth-order valence-corrected chi connectivity index (χ4v) is 5.32. The summed E-state index contributed by atoms with van der Waals surface area (Å²) in [5, 5.41) is 5.01. The number of aromatic nitrogens is 1. The minimum absolute atomic E-state index is 0.0297. The molecule has 1 N–H and O–H groups in total. The molecule has 0 saturated carbocycles. The zero-order valence-electron chi connectivity index (χ0n) is 21.0. The highest BCUT2D eigenvalue weighted by Gasteiger charge is 2.31. The fraction of sp³-hybridized carbons (Fsp3) is 0.323. The van der Waals surface area contributed by atoms with E-state index in [-0.39, 0.29) is 17.4 Å². The SMILES string of the molecule is Cc1ccc(Cn2cc([C@H](CC(=O)NC[C@@]3(C)CCCO3)c3ccc(Cl)cc3)c3ccccc32)cc1. The third kappa shape index (κ3) is 5.50. The van der Waals surface area contributed by atoms with Crippen LogP contribution in [0, 0.1) is 6.92 Å². The first kappa shape index (κ1) is 24.6. The van der Waals surface area contributed by atoms with Crippen molar-refractivity contribution in [2.75, 3.05) is 13.2 Å². The Bertz CT molecular complexity index is 1340. The standard InChI is InChI=1S/C31H33ClN2O2/c1-22-8-10-23(11-9-22)19-34-20-28(26-6-3-4-7-29(26)34)27(24-12-14-25(32)15-13-24)18-30(35)33-21-31(2)16-5-17-36-31/h3-4,6-15,20,27H,5,16-19,21H2,1-2H3,(H,33,35)/t27-,31-/m1/s1. The lowest BCUT2D eigenvalue weighted by Crippen LogP contribution is -2.40. The molecular formula is C31H33ClN2O2. The summed E-state index contributed by atoms with van der Waals surface area (Å²) in [5.41, 5.74) is 5.63. The highest BCUT2D eigenvalue weighted by Crippen LogP contribution is 2.36. The lowest BCUT2D eigenvalue weighted by molar-refractivity contribution is -0.122. The quantitative estimate of drug-likeness (QED) is 0.287. The predicted octanol–water partition coefficient (Wildman–Crippen LogP) is 6.86. The summed E-state index contributed by atoms with van der Waals surface area (Å²) in [6.07, 6.45) is 4.59. The van der Waals surface area contributed by atoms with Gasteiger partial charge in [-0.1, -0.05) is 71.8 Å². The van der Waals surface area contributed by atoms with Crippen molar-refractivity contribution in [2.45, 2.75) is 51.2 Å². The number of rotatable bonds is 8. The van der Waals surface area contributed by atoms with Crippen molar-refractivity contribution >= 4 is 28.4 Å². The molecule has 4 aromatic rings. The van der Waals surface area contributed by atoms with Gasteiger partial charge in [0, 0.05) is 54.2 Å². The zero-order valence-corrected chi connectivity index (χ0v) is 21.7. The number of amides is 1. The average molecular weight is 501 g/mol. The number of benzene rings is 3. The first-order valence-corrected chi connectivity index (χ1v) is 13.1. The largest absolute Gasteiger partial charge is 0.373 e. The summed E-state index contributed by atoms with van der Waals surface area (Å²) in [6, 6.07) is 25.0. The van der Waals surface area contributed by atoms with Crippen LogP contribution in [0.5, 0.6) is 0 Å². The predicted molar refractivity (Wildman–Crippen MR) is 147 cm³/mol. The van der Waals surface area contributed by atoms with Gasteiger partial charge >= 0.3 is 0 Å². The molecule has 2 heterocycles. The van der Waals surface area contributed by atoms with E-state index in [1.807, 2.05) is 24.3 Å². The Morgan fingerprint density at radius 2 is 1.83 bits per heavy atom. The van der Waals surface area contributed by atoms with Crippen molar-refractivity contribution in [2.24, 2.45) is 0 Å². The Labute approximate surface area is 218 Å². The summed E-state index contributed by atoms with van der Waals surface area (Å²) < 4.78 is 8.17. The minimum atomic E-state index is -0.268. The molecular weight excluding hydrogens is 468 g/mol. The minimum Gasteiger partial charge on any atom is -0.373 e. The van der Waals surface area contributed by atoms with E-state index in [2.05, 4.69) is 78.5 Å². The molecule has 186 valence electrons. The molecule has 0 spiro atoms. The van der Waals surface area contributed by atoms with Crippen molar-refractivity contribution < 1.29 is 9.53 Å². The number of ether oxygens (including phenoxy) is 1. The van der Waals surface area contributed by atoms with Gasteiger partial charge in [-0.3, -0.25) is 4.79 Å². The summed E-state index contributed by atoms with van der Waals surface area (Å²) in [5.74, 6) is -0.0641. The Morgan fingerprint density at radius 1 is 1.08 bits per heavy atom. The Hall–Kier alpha value is -3.08. The molecule has 36 heavy (non-hydrogen) atoms. The summed E-state index contributed by atoms with van der Waals surface area (Å²) in [6.45, 7) is 6.26. The van der Waals surface area contributed by atoms with Gasteiger partial charge in [-0.15, -0.1) is 0 Å². The van der Waals surface area contributed by atoms with Crippen LogP contribution in [-0.2, 0) is 16.1 Å². The maximum atomic E-state index is 13.2. The maximum Gasteiger partial charge on any atom is 0.221 e. The van der Waals surface area contributed by atoms with Crippen LogP contribution in [0.3, 0.4) is 0 Å². The van der Waals surface area contributed by atoms with Crippen LogP contribution in [0.15, 0.2) is 79.0 Å². The van der Waals surface area contributed by atoms with E-state index in [1.54, 1.807) is 0 Å². The Balaban J connectivity index is 1.48. The van der Waals surface area contributed by atoms with E-state index in [1.165, 1.54) is 22.0 Å². The molecule has 1 aliphatic heterocycles. The number of aryl methyl sites for hydroxylation is 1. The smallest absolute Gasteiger partial charge is 0.221 e. The van der Waals surface area contributed by atoms with Crippen molar-refractivity contribution in [3.63, 3.8) is 0 Å². The van der Waals surface area contributed by atoms with Crippen molar-refractivity contribution in [1.29, 1.82) is 0 Å². The van der Waals surface area contributed by atoms with Gasteiger partial charge in [-0.2, -0.15) is 0 Å². The van der Waals surface area contributed by atoms with Crippen LogP contribution >= 0.6 is 11.6 Å². The molecule has 1 amide bonds. The van der Waals surface area contributed by atoms with Gasteiger partial charge in [0.1, 0.15) is 0 Å². The zero-order chi connectivity index (χ0) is 25.1. The Morgan fingerprint density at radius 3 is 2.56 bits per heavy atom. The van der Waals surface area contributed by atoms with Gasteiger partial charge in [0.05, 0.1) is 5.60 Å². The van der Waals surface area contributed by atoms with Gasteiger partial charge in [0.2, 0.25) is 5.91 Å². The van der Waals surface area contributed by atoms with Crippen LogP contribution in [0.2, 0.25) is 5.02 Å². The van der Waals surface area contributed by atoms with Gasteiger partial charge in [-0.25, -0.2) is 0 Å². The summed E-state index contributed by atoms with van der Waals surface area (Å²) in [7, 11) is 0. The normalized spacial score (nSPS) is 18.4. The first-order chi connectivity index (χ1) is 17.4. The third-order valence-electron chi connectivity index (χ3n) is 7.29. The van der Waals surface area contributed by atoms with Crippen LogP contribution in [0.25, 0.3) is 10.9 Å². The first-order valence-electron chi connectivity index (χ1n) is 12.7. The number of nitrogens with zero attached hydrogens (tertiary/aromatic N) is 1. The van der Waals surface area contributed by atoms with E-state index < -0.39 is 0 Å². The van der Waals surface area contributed by atoms with E-state index in [0.717, 1.165) is 37.1 Å². The van der Waals surface area contributed by atoms with Gasteiger partial charge in [0.25, 0.3) is 0 Å². The van der Waals surface area contributed by atoms with E-state index >= 15 is 0 Å². The monoisotopic (exact) mass is 500 g/mol. The van der Waals surface area contributed by atoms with Crippen LogP contribution in [-0.4, -0.2) is 29.2 Å². The number of para-hydroxylation sites is 1. The molecule has 5 rings (SSSR count). The van der Waals surface area contributed by atoms with Gasteiger partial charge in [0.15, 0.2) is 0 Å². The lowest BCUT2D eigenvalue weighted by atomic mass is 9.88. The Kier molecular flexibility index (Phi) is 7.17. The van der Waals surface area contributed by atoms with Crippen molar-refractivity contribution in [3.8, 4) is 0 Å². The highest BCUT2D eigenvalue weighted by atomic mass is 35.5. The molecule has 2 atom stereocenters. The lowest BCUT2D eigenvalue weighted by Gasteiger charge is -2.24. The van der Waals surface area contributed by atoms with Crippen LogP contribution < -0.4 is 5.32 Å². The molecule has 1 aromatic heterocycles. The van der Waals surface area contributed by atoms with Crippen LogP contribution in [0.1, 0.15) is 54.4 Å². The second-order valence-corrected chi connectivity index (χ2v) is 10.6. The highest BCUT2D eigenvalue weighted by molar-refractivity contribution is 6.30. The number of fused-ring (bicyclic) bond motifs is 1. The van der Waals surface area contributed by atoms with Crippen molar-refractivity contribution in [1.82, 2.24) is 9.88 Å². The number of hydrogen-bond donors (Lipinski definition) is 1. The third-order valence-corrected chi connectivity index (χ3v) is 7.54. The molecule has 1 fully saturated rings. The second-order valence-electron chi connectivity index (χ2n) is 10.2. The number of carbonyl (C=O) groups excluding carboxylic acids is 1. The number of halogens is 1. The molecule has 3 aromatic carbocycles. The molecule has 0 aliphatic carbocycles. The average Bonchev–Trinajstić information content (AvgIpc) is 3.48. The molecule has 0 unspecified atom stereocenters. The fourth-order valence-electron chi connectivity index (χ4n) is 5.20.